The van der Waals surface area contributed by atoms with Crippen molar-refractivity contribution >= 4 is 23.4 Å². The summed E-state index contributed by atoms with van der Waals surface area (Å²) in [5.74, 6) is 1.92. The maximum absolute atomic E-state index is 6.26. The lowest BCUT2D eigenvalue weighted by molar-refractivity contribution is 0.636. The lowest BCUT2D eigenvalue weighted by atomic mass is 10.2. The van der Waals surface area contributed by atoms with Crippen LogP contribution in [0.15, 0.2) is 23.1 Å². The summed E-state index contributed by atoms with van der Waals surface area (Å²) in [5.41, 5.74) is 1.24. The third kappa shape index (κ3) is 4.90. The van der Waals surface area contributed by atoms with Crippen molar-refractivity contribution in [1.29, 1.82) is 0 Å². The molecular formula is C14H22ClNS. The van der Waals surface area contributed by atoms with E-state index in [1.807, 2.05) is 23.9 Å². The first-order valence-corrected chi connectivity index (χ1v) is 7.66. The molecule has 96 valence electrons. The highest BCUT2D eigenvalue weighted by Gasteiger charge is 2.08. The molecule has 0 aliphatic rings. The smallest absolute Gasteiger partial charge is 0.0462 e. The van der Waals surface area contributed by atoms with Crippen LogP contribution in [-0.2, 0) is 6.54 Å². The van der Waals surface area contributed by atoms with Crippen LogP contribution in [0.4, 0.5) is 0 Å². The standard InChI is InChI=1S/C14H22ClNS/c1-4-11(3)10-17-14-8-6-7-13(15)12(14)9-16-5-2/h6-8,11,16H,4-5,9-10H2,1-3H3. The molecule has 1 atom stereocenters. The number of benzene rings is 1. The average molecular weight is 272 g/mol. The van der Waals surface area contributed by atoms with Crippen LogP contribution in [-0.4, -0.2) is 12.3 Å². The summed E-state index contributed by atoms with van der Waals surface area (Å²) >= 11 is 8.18. The van der Waals surface area contributed by atoms with Crippen LogP contribution in [0.5, 0.6) is 0 Å². The molecule has 1 aromatic rings. The first-order chi connectivity index (χ1) is 8.19. The minimum Gasteiger partial charge on any atom is -0.313 e. The highest BCUT2D eigenvalue weighted by Crippen LogP contribution is 2.30. The number of nitrogens with one attached hydrogen (secondary N) is 1. The van der Waals surface area contributed by atoms with E-state index in [-0.39, 0.29) is 0 Å². The highest BCUT2D eigenvalue weighted by molar-refractivity contribution is 7.99. The molecule has 1 N–H and O–H groups in total. The van der Waals surface area contributed by atoms with Gasteiger partial charge in [-0.1, -0.05) is 44.9 Å². The second-order valence-corrected chi connectivity index (χ2v) is 5.79. The van der Waals surface area contributed by atoms with Gasteiger partial charge in [-0.2, -0.15) is 0 Å². The molecule has 0 fully saturated rings. The number of rotatable bonds is 7. The molecule has 0 aliphatic heterocycles. The van der Waals surface area contributed by atoms with E-state index >= 15 is 0 Å². The summed E-state index contributed by atoms with van der Waals surface area (Å²) < 4.78 is 0. The van der Waals surface area contributed by atoms with Crippen LogP contribution in [0.25, 0.3) is 0 Å². The number of thioether (sulfide) groups is 1. The van der Waals surface area contributed by atoms with E-state index in [0.717, 1.165) is 29.8 Å². The molecule has 0 amide bonds. The molecule has 0 bridgehead atoms. The summed E-state index contributed by atoms with van der Waals surface area (Å²) in [6, 6.07) is 6.18. The Labute approximate surface area is 114 Å². The first-order valence-electron chi connectivity index (χ1n) is 6.29. The molecule has 0 aliphatic carbocycles. The molecule has 17 heavy (non-hydrogen) atoms. The fourth-order valence-corrected chi connectivity index (χ4v) is 2.97. The van der Waals surface area contributed by atoms with Crippen LogP contribution in [0.1, 0.15) is 32.8 Å². The quantitative estimate of drug-likeness (QED) is 0.728. The van der Waals surface area contributed by atoms with Gasteiger partial charge in [0, 0.05) is 22.2 Å². The molecule has 0 saturated heterocycles. The summed E-state index contributed by atoms with van der Waals surface area (Å²) in [6.45, 7) is 8.48. The number of hydrogen-bond acceptors (Lipinski definition) is 2. The molecular weight excluding hydrogens is 250 g/mol. The van der Waals surface area contributed by atoms with E-state index in [1.165, 1.54) is 16.9 Å². The van der Waals surface area contributed by atoms with Gasteiger partial charge in [-0.05, 0) is 30.2 Å². The normalized spacial score (nSPS) is 12.7. The van der Waals surface area contributed by atoms with Crippen molar-refractivity contribution in [3.8, 4) is 0 Å². The molecule has 0 aromatic heterocycles. The number of halogens is 1. The molecule has 1 rings (SSSR count). The van der Waals surface area contributed by atoms with Gasteiger partial charge in [-0.25, -0.2) is 0 Å². The van der Waals surface area contributed by atoms with Gasteiger partial charge < -0.3 is 5.32 Å². The van der Waals surface area contributed by atoms with Crippen LogP contribution < -0.4 is 5.32 Å². The van der Waals surface area contributed by atoms with Crippen molar-refractivity contribution in [3.63, 3.8) is 0 Å². The Kier molecular flexibility index (Phi) is 7.02. The molecule has 0 saturated carbocycles. The summed E-state index contributed by atoms with van der Waals surface area (Å²) in [4.78, 5) is 1.32. The number of hydrogen-bond donors (Lipinski definition) is 1. The zero-order valence-electron chi connectivity index (χ0n) is 10.9. The van der Waals surface area contributed by atoms with E-state index in [1.54, 1.807) is 0 Å². The van der Waals surface area contributed by atoms with Crippen LogP contribution in [0, 0.1) is 5.92 Å². The minimum atomic E-state index is 0.756. The van der Waals surface area contributed by atoms with Gasteiger partial charge in [0.05, 0.1) is 0 Å². The predicted octanol–water partition coefficient (Wildman–Crippen LogP) is 4.59. The zero-order chi connectivity index (χ0) is 12.7. The van der Waals surface area contributed by atoms with E-state index < -0.39 is 0 Å². The molecule has 1 aromatic carbocycles. The Hall–Kier alpha value is -0.180. The van der Waals surface area contributed by atoms with Gasteiger partial charge in [0.1, 0.15) is 0 Å². The van der Waals surface area contributed by atoms with Gasteiger partial charge in [0.25, 0.3) is 0 Å². The summed E-state index contributed by atoms with van der Waals surface area (Å²) in [6.07, 6.45) is 1.23. The van der Waals surface area contributed by atoms with Crippen molar-refractivity contribution in [2.45, 2.75) is 38.6 Å². The fourth-order valence-electron chi connectivity index (χ4n) is 1.45. The second kappa shape index (κ2) is 8.02. The fraction of sp³-hybridized carbons (Fsp3) is 0.571. The maximum atomic E-state index is 6.26. The maximum Gasteiger partial charge on any atom is 0.0462 e. The van der Waals surface area contributed by atoms with Gasteiger partial charge in [-0.3, -0.25) is 0 Å². The largest absolute Gasteiger partial charge is 0.313 e. The van der Waals surface area contributed by atoms with Crippen LogP contribution in [0.2, 0.25) is 5.02 Å². The van der Waals surface area contributed by atoms with E-state index in [4.69, 9.17) is 11.6 Å². The Morgan fingerprint density at radius 2 is 2.12 bits per heavy atom. The van der Waals surface area contributed by atoms with E-state index in [0.29, 0.717) is 0 Å². The molecule has 3 heteroatoms. The second-order valence-electron chi connectivity index (χ2n) is 4.32. The third-order valence-corrected chi connectivity index (χ3v) is 4.63. The zero-order valence-corrected chi connectivity index (χ0v) is 12.5. The topological polar surface area (TPSA) is 12.0 Å². The minimum absolute atomic E-state index is 0.756. The SMILES string of the molecule is CCNCc1c(Cl)cccc1SCC(C)CC. The van der Waals surface area contributed by atoms with Gasteiger partial charge >= 0.3 is 0 Å². The van der Waals surface area contributed by atoms with Crippen molar-refractivity contribution in [1.82, 2.24) is 5.32 Å². The van der Waals surface area contributed by atoms with Crippen molar-refractivity contribution in [2.24, 2.45) is 5.92 Å². The Morgan fingerprint density at radius 1 is 1.35 bits per heavy atom. The van der Waals surface area contributed by atoms with Crippen molar-refractivity contribution < 1.29 is 0 Å². The molecule has 0 radical (unpaired) electrons. The van der Waals surface area contributed by atoms with Gasteiger partial charge in [0.2, 0.25) is 0 Å². The highest BCUT2D eigenvalue weighted by atomic mass is 35.5. The van der Waals surface area contributed by atoms with Crippen LogP contribution >= 0.6 is 23.4 Å². The Balaban J connectivity index is 2.72. The van der Waals surface area contributed by atoms with Crippen molar-refractivity contribution in [3.05, 3.63) is 28.8 Å². The van der Waals surface area contributed by atoms with Gasteiger partial charge in [0.15, 0.2) is 0 Å². The van der Waals surface area contributed by atoms with Crippen molar-refractivity contribution in [2.75, 3.05) is 12.3 Å². The third-order valence-electron chi connectivity index (χ3n) is 2.85. The lowest BCUT2D eigenvalue weighted by Gasteiger charge is -2.13. The molecule has 0 heterocycles. The summed E-state index contributed by atoms with van der Waals surface area (Å²) in [5, 5.41) is 4.22. The molecule has 1 unspecified atom stereocenters. The summed E-state index contributed by atoms with van der Waals surface area (Å²) in [7, 11) is 0. The molecule has 1 nitrogen and oxygen atoms in total. The molecule has 0 spiro atoms. The van der Waals surface area contributed by atoms with Crippen LogP contribution in [0.3, 0.4) is 0 Å². The Morgan fingerprint density at radius 3 is 2.76 bits per heavy atom. The van der Waals surface area contributed by atoms with Gasteiger partial charge in [-0.15, -0.1) is 11.8 Å². The van der Waals surface area contributed by atoms with E-state index in [9.17, 15) is 0 Å². The average Bonchev–Trinajstić information content (AvgIpc) is 2.34. The predicted molar refractivity (Wildman–Crippen MR) is 79.0 cm³/mol. The Bertz CT molecular complexity index is 341. The van der Waals surface area contributed by atoms with E-state index in [2.05, 4.69) is 32.2 Å². The lowest BCUT2D eigenvalue weighted by Crippen LogP contribution is -2.13. The monoisotopic (exact) mass is 271 g/mol. The first kappa shape index (κ1) is 14.9.